The molecule has 0 saturated carbocycles. The first kappa shape index (κ1) is 18.5. The normalized spacial score (nSPS) is 15.7. The minimum Gasteiger partial charge on any atom is -0.497 e. The zero-order valence-corrected chi connectivity index (χ0v) is 16.6. The summed E-state index contributed by atoms with van der Waals surface area (Å²) in [5, 5.41) is 0. The smallest absolute Gasteiger partial charge is 0.266 e. The second-order valence-electron chi connectivity index (χ2n) is 6.10. The van der Waals surface area contributed by atoms with Gasteiger partial charge in [-0.05, 0) is 41.5 Å². The third-order valence-electron chi connectivity index (χ3n) is 4.08. The molecule has 0 aromatic heterocycles. The molecule has 1 aliphatic rings. The van der Waals surface area contributed by atoms with Gasteiger partial charge in [0, 0.05) is 19.8 Å². The summed E-state index contributed by atoms with van der Waals surface area (Å²) in [6.07, 6.45) is 1.90. The molecule has 134 valence electrons. The molecule has 0 N–H and O–H groups in total. The number of thiocarbonyl (C=S) groups is 1. The van der Waals surface area contributed by atoms with Crippen LogP contribution in [0.5, 0.6) is 5.75 Å². The molecule has 0 aliphatic carbocycles. The zero-order chi connectivity index (χ0) is 18.7. The van der Waals surface area contributed by atoms with E-state index in [0.717, 1.165) is 22.6 Å². The molecule has 0 unspecified atom stereocenters. The Bertz CT molecular complexity index is 843. The Morgan fingerprint density at radius 1 is 1.12 bits per heavy atom. The van der Waals surface area contributed by atoms with Crippen LogP contribution in [0.2, 0.25) is 0 Å². The fourth-order valence-corrected chi connectivity index (χ4v) is 3.82. The fraction of sp³-hybridized carbons (Fsp3) is 0.200. The molecule has 6 heteroatoms. The highest BCUT2D eigenvalue weighted by Gasteiger charge is 2.31. The molecule has 26 heavy (non-hydrogen) atoms. The highest BCUT2D eigenvalue weighted by Crippen LogP contribution is 2.34. The quantitative estimate of drug-likeness (QED) is 0.571. The number of carbonyl (C=O) groups excluding carboxylic acids is 1. The number of hydrogen-bond acceptors (Lipinski definition) is 5. The maximum atomic E-state index is 12.7. The summed E-state index contributed by atoms with van der Waals surface area (Å²) in [5.41, 5.74) is 3.12. The number of ether oxygens (including phenoxy) is 1. The van der Waals surface area contributed by atoms with Crippen molar-refractivity contribution in [2.75, 3.05) is 26.1 Å². The van der Waals surface area contributed by atoms with E-state index in [0.29, 0.717) is 15.8 Å². The number of hydrogen-bond donors (Lipinski definition) is 0. The molecule has 1 aliphatic heterocycles. The molecule has 0 atom stereocenters. The van der Waals surface area contributed by atoms with Gasteiger partial charge < -0.3 is 9.64 Å². The summed E-state index contributed by atoms with van der Waals surface area (Å²) in [7, 11) is 5.63. The summed E-state index contributed by atoms with van der Waals surface area (Å²) >= 11 is 6.76. The van der Waals surface area contributed by atoms with Crippen molar-refractivity contribution in [3.8, 4) is 5.75 Å². The lowest BCUT2D eigenvalue weighted by Gasteiger charge is -2.14. The number of thioether (sulfide) groups is 1. The van der Waals surface area contributed by atoms with Crippen molar-refractivity contribution in [2.45, 2.75) is 6.54 Å². The molecule has 2 aromatic rings. The molecule has 1 saturated heterocycles. The molecule has 3 rings (SSSR count). The van der Waals surface area contributed by atoms with Gasteiger partial charge in [0.1, 0.15) is 10.1 Å². The van der Waals surface area contributed by atoms with Crippen LogP contribution in [0.15, 0.2) is 53.4 Å². The van der Waals surface area contributed by atoms with Gasteiger partial charge in [-0.15, -0.1) is 0 Å². The maximum absolute atomic E-state index is 12.7. The third kappa shape index (κ3) is 4.08. The zero-order valence-electron chi connectivity index (χ0n) is 14.9. The maximum Gasteiger partial charge on any atom is 0.266 e. The van der Waals surface area contributed by atoms with Crippen molar-refractivity contribution in [1.29, 1.82) is 0 Å². The Balaban J connectivity index is 1.75. The Kier molecular flexibility index (Phi) is 5.64. The minimum absolute atomic E-state index is 0.0486. The summed E-state index contributed by atoms with van der Waals surface area (Å²) in [6.45, 7) is 0.464. The summed E-state index contributed by atoms with van der Waals surface area (Å²) in [5.74, 6) is 0.743. The molecular weight excluding hydrogens is 364 g/mol. The van der Waals surface area contributed by atoms with E-state index in [-0.39, 0.29) is 5.91 Å². The Morgan fingerprint density at radius 2 is 1.77 bits per heavy atom. The van der Waals surface area contributed by atoms with Crippen molar-refractivity contribution in [1.82, 2.24) is 4.90 Å². The summed E-state index contributed by atoms with van der Waals surface area (Å²) in [4.78, 5) is 17.1. The van der Waals surface area contributed by atoms with Gasteiger partial charge in [-0.1, -0.05) is 48.2 Å². The van der Waals surface area contributed by atoms with Crippen LogP contribution in [0.3, 0.4) is 0 Å². The van der Waals surface area contributed by atoms with Crippen LogP contribution in [-0.4, -0.2) is 36.3 Å². The van der Waals surface area contributed by atoms with Crippen LogP contribution < -0.4 is 9.64 Å². The van der Waals surface area contributed by atoms with Gasteiger partial charge in [0.05, 0.1) is 18.6 Å². The van der Waals surface area contributed by atoms with E-state index < -0.39 is 0 Å². The van der Waals surface area contributed by atoms with E-state index in [1.54, 1.807) is 12.0 Å². The lowest BCUT2D eigenvalue weighted by Crippen LogP contribution is -2.27. The second kappa shape index (κ2) is 7.93. The SMILES string of the molecule is COc1ccc(CN2C(=O)/C(=C/c3ccc(N(C)C)cc3)SC2=S)cc1. The van der Waals surface area contributed by atoms with E-state index >= 15 is 0 Å². The molecule has 0 spiro atoms. The first-order valence-electron chi connectivity index (χ1n) is 8.13. The molecule has 1 amide bonds. The van der Waals surface area contributed by atoms with Crippen LogP contribution in [0.1, 0.15) is 11.1 Å². The van der Waals surface area contributed by atoms with Gasteiger partial charge in [0.25, 0.3) is 5.91 Å². The van der Waals surface area contributed by atoms with Crippen LogP contribution in [0, 0.1) is 0 Å². The Morgan fingerprint density at radius 3 is 2.35 bits per heavy atom. The first-order chi connectivity index (χ1) is 12.5. The van der Waals surface area contributed by atoms with Gasteiger partial charge >= 0.3 is 0 Å². The molecule has 1 fully saturated rings. The van der Waals surface area contributed by atoms with Crippen molar-refractivity contribution in [2.24, 2.45) is 0 Å². The van der Waals surface area contributed by atoms with Gasteiger partial charge in [-0.2, -0.15) is 0 Å². The predicted octanol–water partition coefficient (Wildman–Crippen LogP) is 4.16. The number of carbonyl (C=O) groups is 1. The Hall–Kier alpha value is -2.31. The predicted molar refractivity (Wildman–Crippen MR) is 112 cm³/mol. The highest BCUT2D eigenvalue weighted by atomic mass is 32.2. The van der Waals surface area contributed by atoms with Crippen LogP contribution in [0.25, 0.3) is 6.08 Å². The minimum atomic E-state index is -0.0486. The van der Waals surface area contributed by atoms with Crippen LogP contribution >= 0.6 is 24.0 Å². The highest BCUT2D eigenvalue weighted by molar-refractivity contribution is 8.26. The first-order valence-corrected chi connectivity index (χ1v) is 9.36. The van der Waals surface area contributed by atoms with Crippen molar-refractivity contribution in [3.63, 3.8) is 0 Å². The lowest BCUT2D eigenvalue weighted by molar-refractivity contribution is -0.122. The van der Waals surface area contributed by atoms with E-state index in [1.165, 1.54) is 11.8 Å². The number of rotatable bonds is 5. The van der Waals surface area contributed by atoms with E-state index in [2.05, 4.69) is 0 Å². The van der Waals surface area contributed by atoms with E-state index in [4.69, 9.17) is 17.0 Å². The number of amides is 1. The molecule has 2 aromatic carbocycles. The largest absolute Gasteiger partial charge is 0.497 e. The second-order valence-corrected chi connectivity index (χ2v) is 7.78. The van der Waals surface area contributed by atoms with Gasteiger partial charge in [0.15, 0.2) is 0 Å². The van der Waals surface area contributed by atoms with Crippen LogP contribution in [0.4, 0.5) is 5.69 Å². The van der Waals surface area contributed by atoms with Crippen molar-refractivity contribution >= 4 is 46.0 Å². The number of benzene rings is 2. The summed E-state index contributed by atoms with van der Waals surface area (Å²) in [6, 6.07) is 15.7. The average Bonchev–Trinajstić information content (AvgIpc) is 2.90. The monoisotopic (exact) mass is 384 g/mol. The topological polar surface area (TPSA) is 32.8 Å². The standard InChI is InChI=1S/C20H20N2O2S2/c1-21(2)16-8-4-14(5-9-16)12-18-19(23)22(20(25)26-18)13-15-6-10-17(24-3)11-7-15/h4-12H,13H2,1-3H3/b18-12-. The lowest BCUT2D eigenvalue weighted by atomic mass is 10.1. The van der Waals surface area contributed by atoms with Gasteiger partial charge in [-0.25, -0.2) is 0 Å². The number of nitrogens with zero attached hydrogens (tertiary/aromatic N) is 2. The molecule has 0 radical (unpaired) electrons. The third-order valence-corrected chi connectivity index (χ3v) is 5.46. The van der Waals surface area contributed by atoms with Crippen molar-refractivity contribution in [3.05, 3.63) is 64.6 Å². The number of anilines is 1. The van der Waals surface area contributed by atoms with Crippen molar-refractivity contribution < 1.29 is 9.53 Å². The van der Waals surface area contributed by atoms with E-state index in [1.807, 2.05) is 73.6 Å². The van der Waals surface area contributed by atoms with Gasteiger partial charge in [0.2, 0.25) is 0 Å². The van der Waals surface area contributed by atoms with Crippen LogP contribution in [-0.2, 0) is 11.3 Å². The van der Waals surface area contributed by atoms with Gasteiger partial charge in [-0.3, -0.25) is 9.69 Å². The molecule has 1 heterocycles. The molecular formula is C20H20N2O2S2. The Labute approximate surface area is 163 Å². The van der Waals surface area contributed by atoms with E-state index in [9.17, 15) is 4.79 Å². The summed E-state index contributed by atoms with van der Waals surface area (Å²) < 4.78 is 5.75. The fourth-order valence-electron chi connectivity index (χ4n) is 2.57. The average molecular weight is 385 g/mol. The molecule has 4 nitrogen and oxygen atoms in total. The molecule has 0 bridgehead atoms. The number of methoxy groups -OCH3 is 1.